The Morgan fingerprint density at radius 2 is 2.38 bits per heavy atom. The quantitative estimate of drug-likeness (QED) is 0.205. The lowest BCUT2D eigenvalue weighted by atomic mass is 10.0. The Morgan fingerprint density at radius 1 is 1.75 bits per heavy atom. The van der Waals surface area contributed by atoms with Gasteiger partial charge in [0.15, 0.2) is 0 Å². The van der Waals surface area contributed by atoms with Gasteiger partial charge in [0.05, 0.1) is 0 Å². The summed E-state index contributed by atoms with van der Waals surface area (Å²) in [4.78, 5) is 0. The molecule has 1 saturated heterocycles. The normalized spacial score (nSPS) is 19.6. The summed E-state index contributed by atoms with van der Waals surface area (Å²) in [6, 6.07) is 0. The van der Waals surface area contributed by atoms with Crippen LogP contribution in [0.1, 0.15) is 0 Å². The second kappa shape index (κ2) is 2.11. The molecule has 4 nitrogen and oxygen atoms in total. The van der Waals surface area contributed by atoms with Crippen molar-refractivity contribution >= 4 is 5.84 Å². The summed E-state index contributed by atoms with van der Waals surface area (Å²) in [7, 11) is 0. The summed E-state index contributed by atoms with van der Waals surface area (Å²) in [6.45, 7) is 1.62. The molecule has 8 heavy (non-hydrogen) atoms. The topological polar surface area (TPSA) is 68.1 Å². The van der Waals surface area contributed by atoms with Gasteiger partial charge in [0.2, 0.25) is 0 Å². The molecule has 1 rings (SSSR count). The van der Waals surface area contributed by atoms with Gasteiger partial charge < -0.3 is 5.32 Å². The van der Waals surface area contributed by atoms with Gasteiger partial charge >= 0.3 is 0 Å². The molecule has 4 N–H and O–H groups in total. The van der Waals surface area contributed by atoms with Gasteiger partial charge in [0.1, 0.15) is 5.84 Å². The Morgan fingerprint density at radius 3 is 2.50 bits per heavy atom. The van der Waals surface area contributed by atoms with Gasteiger partial charge in [-0.2, -0.15) is 0 Å². The van der Waals surface area contributed by atoms with Crippen LogP contribution < -0.4 is 10.8 Å². The highest BCUT2D eigenvalue weighted by atomic mass is 16.5. The summed E-state index contributed by atoms with van der Waals surface area (Å²) in [6.07, 6.45) is 0. The Kier molecular flexibility index (Phi) is 1.45. The first kappa shape index (κ1) is 5.53. The van der Waals surface area contributed by atoms with Crippen LogP contribution in [-0.2, 0) is 0 Å². The Hall–Kier alpha value is -0.610. The van der Waals surface area contributed by atoms with Crippen LogP contribution in [0.5, 0.6) is 0 Å². The van der Waals surface area contributed by atoms with Gasteiger partial charge in [0, 0.05) is 19.0 Å². The molecule has 0 amide bonds. The summed E-state index contributed by atoms with van der Waals surface area (Å²) in [5, 5.41) is 18.1. The first-order valence-corrected chi connectivity index (χ1v) is 2.54. The lowest BCUT2D eigenvalue weighted by Crippen LogP contribution is -2.49. The molecular weight excluding hydrogens is 106 g/mol. The Labute approximate surface area is 47.4 Å². The number of rotatable bonds is 1. The molecule has 0 aliphatic carbocycles. The van der Waals surface area contributed by atoms with Gasteiger partial charge in [-0.1, -0.05) is 0 Å². The van der Waals surface area contributed by atoms with E-state index in [-0.39, 0.29) is 11.8 Å². The second-order valence-corrected chi connectivity index (χ2v) is 1.88. The third-order valence-corrected chi connectivity index (χ3v) is 1.31. The number of nitrogens with one attached hydrogen (secondary N) is 3. The van der Waals surface area contributed by atoms with E-state index in [0.29, 0.717) is 0 Å². The number of hydrogen-bond donors (Lipinski definition) is 4. The van der Waals surface area contributed by atoms with Crippen LogP contribution in [0.4, 0.5) is 0 Å². The Bertz CT molecular complexity index is 99.5. The maximum atomic E-state index is 8.17. The number of hydrogen-bond acceptors (Lipinski definition) is 3. The highest BCUT2D eigenvalue weighted by Crippen LogP contribution is 2.00. The van der Waals surface area contributed by atoms with Crippen molar-refractivity contribution in [1.29, 1.82) is 5.41 Å². The van der Waals surface area contributed by atoms with Crippen molar-refractivity contribution in [1.82, 2.24) is 10.8 Å². The minimum absolute atomic E-state index is 0.208. The van der Waals surface area contributed by atoms with Crippen LogP contribution in [0.15, 0.2) is 0 Å². The molecule has 4 heteroatoms. The summed E-state index contributed by atoms with van der Waals surface area (Å²) in [5.41, 5.74) is 1.81. The fourth-order valence-corrected chi connectivity index (χ4v) is 0.584. The number of hydroxylamine groups is 1. The van der Waals surface area contributed by atoms with E-state index >= 15 is 0 Å². The monoisotopic (exact) mass is 115 g/mol. The van der Waals surface area contributed by atoms with Gasteiger partial charge in [0.25, 0.3) is 0 Å². The molecule has 46 valence electrons. The molecule has 1 aliphatic rings. The van der Waals surface area contributed by atoms with Gasteiger partial charge in [-0.3, -0.25) is 16.1 Å². The van der Waals surface area contributed by atoms with E-state index in [1.54, 1.807) is 0 Å². The standard InChI is InChI=1S/C4H9N3O/c5-4(7-8)3-1-6-2-3/h3,6,8H,1-2H2,(H2,5,7). The summed E-state index contributed by atoms with van der Waals surface area (Å²) in [5.74, 6) is 0.420. The molecule has 0 saturated carbocycles. The molecule has 0 aromatic heterocycles. The minimum Gasteiger partial charge on any atom is -0.315 e. The lowest BCUT2D eigenvalue weighted by Gasteiger charge is -2.26. The fourth-order valence-electron chi connectivity index (χ4n) is 0.584. The molecule has 1 fully saturated rings. The van der Waals surface area contributed by atoms with Crippen LogP contribution >= 0.6 is 0 Å². The van der Waals surface area contributed by atoms with Gasteiger partial charge in [-0.15, -0.1) is 0 Å². The van der Waals surface area contributed by atoms with Crippen molar-refractivity contribution in [3.63, 3.8) is 0 Å². The molecule has 0 unspecified atom stereocenters. The predicted octanol–water partition coefficient (Wildman–Crippen LogP) is -0.838. The SMILES string of the molecule is N=C(NO)C1CNC1. The van der Waals surface area contributed by atoms with Crippen LogP contribution in [0.2, 0.25) is 0 Å². The van der Waals surface area contributed by atoms with Crippen molar-refractivity contribution in [2.24, 2.45) is 5.92 Å². The van der Waals surface area contributed by atoms with E-state index in [9.17, 15) is 0 Å². The highest BCUT2D eigenvalue weighted by Gasteiger charge is 2.20. The van der Waals surface area contributed by atoms with E-state index < -0.39 is 0 Å². The largest absolute Gasteiger partial charge is 0.315 e. The lowest BCUT2D eigenvalue weighted by molar-refractivity contribution is 0.220. The molecule has 0 radical (unpaired) electrons. The third kappa shape index (κ3) is 0.801. The van der Waals surface area contributed by atoms with Crippen molar-refractivity contribution in [3.8, 4) is 0 Å². The fraction of sp³-hybridized carbons (Fsp3) is 0.750. The van der Waals surface area contributed by atoms with Crippen LogP contribution in [0.25, 0.3) is 0 Å². The van der Waals surface area contributed by atoms with Crippen molar-refractivity contribution in [3.05, 3.63) is 0 Å². The van der Waals surface area contributed by atoms with E-state index in [1.165, 1.54) is 0 Å². The predicted molar refractivity (Wildman–Crippen MR) is 29.0 cm³/mol. The molecule has 0 spiro atoms. The first-order valence-electron chi connectivity index (χ1n) is 2.54. The average molecular weight is 115 g/mol. The zero-order chi connectivity index (χ0) is 5.98. The molecule has 1 heterocycles. The van der Waals surface area contributed by atoms with Crippen molar-refractivity contribution in [2.75, 3.05) is 13.1 Å². The van der Waals surface area contributed by atoms with Crippen LogP contribution in [0, 0.1) is 11.3 Å². The Balaban J connectivity index is 2.24. The molecular formula is C4H9N3O. The maximum absolute atomic E-state index is 8.17. The van der Waals surface area contributed by atoms with Crippen molar-refractivity contribution in [2.45, 2.75) is 0 Å². The summed E-state index contributed by atoms with van der Waals surface area (Å²) < 4.78 is 0. The van der Waals surface area contributed by atoms with E-state index in [4.69, 9.17) is 10.6 Å². The number of amidine groups is 1. The minimum atomic E-state index is 0.208. The van der Waals surface area contributed by atoms with E-state index in [2.05, 4.69) is 5.32 Å². The maximum Gasteiger partial charge on any atom is 0.123 e. The molecule has 0 aromatic rings. The second-order valence-electron chi connectivity index (χ2n) is 1.88. The van der Waals surface area contributed by atoms with Gasteiger partial charge in [-0.25, -0.2) is 0 Å². The third-order valence-electron chi connectivity index (χ3n) is 1.31. The van der Waals surface area contributed by atoms with E-state index in [0.717, 1.165) is 13.1 Å². The molecule has 0 bridgehead atoms. The van der Waals surface area contributed by atoms with Crippen LogP contribution in [-0.4, -0.2) is 24.1 Å². The van der Waals surface area contributed by atoms with E-state index in [1.807, 2.05) is 5.48 Å². The zero-order valence-electron chi connectivity index (χ0n) is 4.44. The average Bonchev–Trinajstić information content (AvgIpc) is 1.62. The molecule has 0 atom stereocenters. The summed E-state index contributed by atoms with van der Waals surface area (Å²) >= 11 is 0. The molecule has 1 aliphatic heterocycles. The first-order chi connectivity index (χ1) is 3.84. The highest BCUT2D eigenvalue weighted by molar-refractivity contribution is 5.81. The molecule has 0 aromatic carbocycles. The van der Waals surface area contributed by atoms with Gasteiger partial charge in [-0.05, 0) is 0 Å². The van der Waals surface area contributed by atoms with Crippen LogP contribution in [0.3, 0.4) is 0 Å². The zero-order valence-corrected chi connectivity index (χ0v) is 4.44. The van der Waals surface area contributed by atoms with Crippen molar-refractivity contribution < 1.29 is 5.21 Å². The smallest absolute Gasteiger partial charge is 0.123 e.